The lowest BCUT2D eigenvalue weighted by Gasteiger charge is -2.04. The van der Waals surface area contributed by atoms with Gasteiger partial charge in [0.1, 0.15) is 5.52 Å². The fourth-order valence-corrected chi connectivity index (χ4v) is 3.09. The molecule has 6 heteroatoms. The van der Waals surface area contributed by atoms with Crippen molar-refractivity contribution in [3.63, 3.8) is 0 Å². The third-order valence-corrected chi connectivity index (χ3v) is 3.69. The Labute approximate surface area is 117 Å². The normalized spacial score (nSPS) is 11.5. The van der Waals surface area contributed by atoms with Crippen molar-refractivity contribution in [1.82, 2.24) is 19.7 Å². The van der Waals surface area contributed by atoms with Crippen LogP contribution in [0, 0.1) is 11.7 Å². The molecule has 3 rings (SSSR count). The predicted molar refractivity (Wildman–Crippen MR) is 78.3 cm³/mol. The molecule has 0 amide bonds. The Morgan fingerprint density at radius 1 is 1.44 bits per heavy atom. The van der Waals surface area contributed by atoms with Crippen LogP contribution in [0.3, 0.4) is 0 Å². The van der Waals surface area contributed by atoms with Gasteiger partial charge in [0.2, 0.25) is 4.77 Å². The van der Waals surface area contributed by atoms with E-state index in [-0.39, 0.29) is 0 Å². The molecule has 0 atom stereocenters. The number of aromatic amines is 1. The first-order valence-electron chi connectivity index (χ1n) is 5.66. The van der Waals surface area contributed by atoms with Crippen LogP contribution in [0.4, 0.5) is 0 Å². The Balaban J connectivity index is 2.65. The van der Waals surface area contributed by atoms with Crippen molar-refractivity contribution in [2.24, 2.45) is 0 Å². The number of nitrogens with zero attached hydrogens (tertiary/aromatic N) is 3. The first-order chi connectivity index (χ1) is 8.61. The average Bonchev–Trinajstić information content (AvgIpc) is 2.62. The van der Waals surface area contributed by atoms with E-state index < -0.39 is 0 Å². The zero-order valence-corrected chi connectivity index (χ0v) is 12.4. The zero-order chi connectivity index (χ0) is 12.9. The number of nitrogens with one attached hydrogen (secondary N) is 1. The highest BCUT2D eigenvalue weighted by molar-refractivity contribution is 9.10. The van der Waals surface area contributed by atoms with Gasteiger partial charge in [-0.05, 0) is 43.8 Å². The molecule has 0 fully saturated rings. The van der Waals surface area contributed by atoms with Gasteiger partial charge in [-0.25, -0.2) is 0 Å². The fourth-order valence-electron chi connectivity index (χ4n) is 2.38. The lowest BCUT2D eigenvalue weighted by molar-refractivity contribution is 0.806. The number of H-pyrrole nitrogens is 1. The molecule has 92 valence electrons. The molecule has 3 aromatic rings. The minimum atomic E-state index is 0.414. The van der Waals surface area contributed by atoms with E-state index in [2.05, 4.69) is 61.7 Å². The second kappa shape index (κ2) is 4.13. The van der Waals surface area contributed by atoms with E-state index in [1.807, 2.05) is 0 Å². The molecule has 1 aromatic carbocycles. The second-order valence-corrected chi connectivity index (χ2v) is 5.48. The zero-order valence-electron chi connectivity index (χ0n) is 9.99. The van der Waals surface area contributed by atoms with Gasteiger partial charge < -0.3 is 4.57 Å². The first kappa shape index (κ1) is 11.8. The number of fused-ring (bicyclic) bond motifs is 3. The highest BCUT2D eigenvalue weighted by Gasteiger charge is 2.14. The van der Waals surface area contributed by atoms with Gasteiger partial charge in [0.05, 0.1) is 5.52 Å². The Morgan fingerprint density at radius 2 is 2.22 bits per heavy atom. The summed E-state index contributed by atoms with van der Waals surface area (Å²) in [7, 11) is 0. The van der Waals surface area contributed by atoms with Gasteiger partial charge in [0, 0.05) is 16.4 Å². The van der Waals surface area contributed by atoms with Crippen LogP contribution in [0.25, 0.3) is 22.1 Å². The summed E-state index contributed by atoms with van der Waals surface area (Å²) in [5, 5.41) is 8.19. The molecule has 2 heterocycles. The standard InChI is InChI=1S/C12H11BrN4S/c1-3-17-10-6(2)4-7(13)5-8(10)9-11(17)14-12(18)16-15-9/h4-5H,3H2,1-2H3,(H,14,16,18). The minimum Gasteiger partial charge on any atom is -0.324 e. The molecule has 0 aliphatic heterocycles. The lowest BCUT2D eigenvalue weighted by atomic mass is 10.1. The van der Waals surface area contributed by atoms with E-state index in [0.717, 1.165) is 27.6 Å². The maximum absolute atomic E-state index is 5.06. The summed E-state index contributed by atoms with van der Waals surface area (Å²) < 4.78 is 3.62. The third-order valence-electron chi connectivity index (χ3n) is 3.04. The molecular formula is C12H11BrN4S. The van der Waals surface area contributed by atoms with Crippen LogP contribution in [0.5, 0.6) is 0 Å². The number of rotatable bonds is 1. The van der Waals surface area contributed by atoms with Gasteiger partial charge in [-0.3, -0.25) is 5.10 Å². The summed E-state index contributed by atoms with van der Waals surface area (Å²) in [4.78, 5) is 4.40. The highest BCUT2D eigenvalue weighted by Crippen LogP contribution is 2.31. The van der Waals surface area contributed by atoms with Gasteiger partial charge in [0.15, 0.2) is 5.65 Å². The van der Waals surface area contributed by atoms with Crippen molar-refractivity contribution < 1.29 is 0 Å². The molecule has 0 aliphatic carbocycles. The van der Waals surface area contributed by atoms with Crippen LogP contribution in [-0.4, -0.2) is 19.7 Å². The minimum absolute atomic E-state index is 0.414. The Kier molecular flexibility index (Phi) is 2.71. The van der Waals surface area contributed by atoms with Gasteiger partial charge in [-0.2, -0.15) is 10.1 Å². The van der Waals surface area contributed by atoms with Crippen LogP contribution >= 0.6 is 28.1 Å². The Bertz CT molecular complexity index is 818. The van der Waals surface area contributed by atoms with Crippen LogP contribution in [0.15, 0.2) is 16.6 Å². The van der Waals surface area contributed by atoms with E-state index >= 15 is 0 Å². The topological polar surface area (TPSA) is 46.5 Å². The summed E-state index contributed by atoms with van der Waals surface area (Å²) in [6.45, 7) is 5.04. The predicted octanol–water partition coefficient (Wildman–Crippen LogP) is 3.73. The van der Waals surface area contributed by atoms with Crippen molar-refractivity contribution in [2.45, 2.75) is 20.4 Å². The molecule has 0 radical (unpaired) electrons. The monoisotopic (exact) mass is 322 g/mol. The summed E-state index contributed by atoms with van der Waals surface area (Å²) in [5.74, 6) is 0. The van der Waals surface area contributed by atoms with Gasteiger partial charge in [0.25, 0.3) is 0 Å². The number of halogens is 1. The second-order valence-electron chi connectivity index (χ2n) is 4.18. The fraction of sp³-hybridized carbons (Fsp3) is 0.250. The van der Waals surface area contributed by atoms with Crippen LogP contribution in [0.2, 0.25) is 0 Å². The molecule has 4 nitrogen and oxygen atoms in total. The summed E-state index contributed by atoms with van der Waals surface area (Å²) in [5.41, 5.74) is 4.08. The highest BCUT2D eigenvalue weighted by atomic mass is 79.9. The van der Waals surface area contributed by atoms with Crippen molar-refractivity contribution in [1.29, 1.82) is 0 Å². The molecule has 18 heavy (non-hydrogen) atoms. The summed E-state index contributed by atoms with van der Waals surface area (Å²) in [6, 6.07) is 4.17. The summed E-state index contributed by atoms with van der Waals surface area (Å²) in [6.07, 6.45) is 0. The molecule has 0 saturated heterocycles. The van der Waals surface area contributed by atoms with Gasteiger partial charge in [-0.15, -0.1) is 0 Å². The van der Waals surface area contributed by atoms with E-state index in [1.54, 1.807) is 0 Å². The SMILES string of the molecule is CCn1c2nc(=S)[nH]nc2c2cc(Br)cc(C)c21. The number of hydrogen-bond donors (Lipinski definition) is 1. The lowest BCUT2D eigenvalue weighted by Crippen LogP contribution is -1.97. The van der Waals surface area contributed by atoms with Crippen LogP contribution in [0.1, 0.15) is 12.5 Å². The van der Waals surface area contributed by atoms with Gasteiger partial charge >= 0.3 is 0 Å². The maximum Gasteiger partial charge on any atom is 0.215 e. The quantitative estimate of drug-likeness (QED) is 0.694. The third kappa shape index (κ3) is 1.59. The van der Waals surface area contributed by atoms with Crippen LogP contribution < -0.4 is 0 Å². The van der Waals surface area contributed by atoms with E-state index in [0.29, 0.717) is 4.77 Å². The molecule has 0 bridgehead atoms. The Morgan fingerprint density at radius 3 is 2.94 bits per heavy atom. The van der Waals surface area contributed by atoms with E-state index in [4.69, 9.17) is 12.2 Å². The van der Waals surface area contributed by atoms with Crippen LogP contribution in [-0.2, 0) is 6.54 Å². The average molecular weight is 323 g/mol. The molecular weight excluding hydrogens is 312 g/mol. The van der Waals surface area contributed by atoms with Crippen molar-refractivity contribution >= 4 is 50.2 Å². The number of hydrogen-bond acceptors (Lipinski definition) is 3. The smallest absolute Gasteiger partial charge is 0.215 e. The molecule has 0 saturated carbocycles. The largest absolute Gasteiger partial charge is 0.324 e. The van der Waals surface area contributed by atoms with Crippen molar-refractivity contribution in [3.8, 4) is 0 Å². The molecule has 0 unspecified atom stereocenters. The Hall–Kier alpha value is -1.27. The van der Waals surface area contributed by atoms with Gasteiger partial charge in [-0.1, -0.05) is 15.9 Å². The summed E-state index contributed by atoms with van der Waals surface area (Å²) >= 11 is 8.58. The van der Waals surface area contributed by atoms with E-state index in [1.165, 1.54) is 11.1 Å². The molecule has 1 N–H and O–H groups in total. The maximum atomic E-state index is 5.06. The number of aryl methyl sites for hydroxylation is 2. The molecule has 2 aromatic heterocycles. The number of aromatic nitrogens is 4. The molecule has 0 aliphatic rings. The number of benzene rings is 1. The van der Waals surface area contributed by atoms with Crippen molar-refractivity contribution in [3.05, 3.63) is 26.9 Å². The molecule has 0 spiro atoms. The van der Waals surface area contributed by atoms with Crippen molar-refractivity contribution in [2.75, 3.05) is 0 Å². The first-order valence-corrected chi connectivity index (χ1v) is 6.86. The van der Waals surface area contributed by atoms with E-state index in [9.17, 15) is 0 Å².